The first-order chi connectivity index (χ1) is 8.95. The molecule has 0 aromatic heterocycles. The Bertz CT molecular complexity index is 358. The molecular formula is C15H25NO3. The van der Waals surface area contributed by atoms with Gasteiger partial charge in [0.1, 0.15) is 5.78 Å². The highest BCUT2D eigenvalue weighted by Crippen LogP contribution is 2.31. The zero-order valence-electron chi connectivity index (χ0n) is 12.0. The van der Waals surface area contributed by atoms with Crippen molar-refractivity contribution in [1.29, 1.82) is 0 Å². The average Bonchev–Trinajstić information content (AvgIpc) is 2.42. The van der Waals surface area contributed by atoms with Crippen molar-refractivity contribution in [3.05, 3.63) is 0 Å². The summed E-state index contributed by atoms with van der Waals surface area (Å²) < 4.78 is 0. The van der Waals surface area contributed by atoms with Gasteiger partial charge in [0.25, 0.3) is 0 Å². The topological polar surface area (TPSA) is 57.6 Å². The number of piperidine rings is 1. The molecule has 1 heterocycles. The first kappa shape index (κ1) is 14.5. The third-order valence-electron chi connectivity index (χ3n) is 4.94. The highest BCUT2D eigenvalue weighted by Gasteiger charge is 2.36. The molecule has 4 nitrogen and oxygen atoms in total. The number of likely N-dealkylation sites (tertiary alicyclic amines) is 1. The number of rotatable bonds is 2. The molecule has 2 aliphatic rings. The van der Waals surface area contributed by atoms with Gasteiger partial charge in [-0.1, -0.05) is 13.8 Å². The lowest BCUT2D eigenvalue weighted by molar-refractivity contribution is -0.142. The molecule has 0 aromatic rings. The van der Waals surface area contributed by atoms with Gasteiger partial charge in [-0.05, 0) is 32.1 Å². The Kier molecular flexibility index (Phi) is 4.29. The van der Waals surface area contributed by atoms with Crippen LogP contribution in [0.5, 0.6) is 0 Å². The molecule has 0 bridgehead atoms. The fraction of sp³-hybridized carbons (Fsp3) is 0.867. The van der Waals surface area contributed by atoms with Gasteiger partial charge in [-0.15, -0.1) is 0 Å². The molecule has 1 saturated heterocycles. The Balaban J connectivity index is 1.89. The van der Waals surface area contributed by atoms with Crippen LogP contribution in [0.15, 0.2) is 0 Å². The van der Waals surface area contributed by atoms with Crippen LogP contribution in [0.1, 0.15) is 52.4 Å². The number of carbonyl (C=O) groups excluding carboxylic acids is 2. The second kappa shape index (κ2) is 5.61. The van der Waals surface area contributed by atoms with Crippen molar-refractivity contribution in [2.24, 2.45) is 11.8 Å². The Morgan fingerprint density at radius 1 is 1.42 bits per heavy atom. The van der Waals surface area contributed by atoms with E-state index in [0.29, 0.717) is 51.0 Å². The minimum Gasteiger partial charge on any atom is -0.390 e. The molecule has 1 amide bonds. The monoisotopic (exact) mass is 267 g/mol. The molecule has 1 saturated carbocycles. The molecule has 1 N–H and O–H groups in total. The molecule has 2 rings (SSSR count). The summed E-state index contributed by atoms with van der Waals surface area (Å²) in [5.74, 6) is 0.529. The van der Waals surface area contributed by atoms with E-state index in [0.717, 1.165) is 6.42 Å². The molecule has 0 radical (unpaired) electrons. The molecule has 1 aliphatic heterocycles. The molecule has 0 spiro atoms. The van der Waals surface area contributed by atoms with Crippen molar-refractivity contribution < 1.29 is 14.7 Å². The standard InChI is InChI=1S/C15H25NO3/c1-3-15(19)6-8-16(9-7-15)14(18)12-4-5-13(17)11(2)10-12/h11-12,19H,3-10H2,1-2H3/t11-,12-/m1/s1. The van der Waals surface area contributed by atoms with Gasteiger partial charge >= 0.3 is 0 Å². The minimum atomic E-state index is -0.577. The van der Waals surface area contributed by atoms with Crippen molar-refractivity contribution in [2.45, 2.75) is 58.0 Å². The predicted octanol–water partition coefficient (Wildman–Crippen LogP) is 1.76. The fourth-order valence-electron chi connectivity index (χ4n) is 3.22. The lowest BCUT2D eigenvalue weighted by Crippen LogP contribution is -2.48. The third kappa shape index (κ3) is 3.16. The first-order valence-corrected chi connectivity index (χ1v) is 7.49. The molecule has 2 atom stereocenters. The van der Waals surface area contributed by atoms with Gasteiger partial charge in [-0.25, -0.2) is 0 Å². The molecule has 0 unspecified atom stereocenters. The van der Waals surface area contributed by atoms with Crippen molar-refractivity contribution in [1.82, 2.24) is 4.90 Å². The minimum absolute atomic E-state index is 0.0144. The van der Waals surface area contributed by atoms with E-state index in [2.05, 4.69) is 0 Å². The van der Waals surface area contributed by atoms with Crippen LogP contribution in [0.25, 0.3) is 0 Å². The number of ketones is 1. The highest BCUT2D eigenvalue weighted by molar-refractivity contribution is 5.86. The van der Waals surface area contributed by atoms with Crippen molar-refractivity contribution in [3.63, 3.8) is 0 Å². The maximum absolute atomic E-state index is 12.4. The van der Waals surface area contributed by atoms with Crippen LogP contribution < -0.4 is 0 Å². The first-order valence-electron chi connectivity index (χ1n) is 7.49. The molecule has 19 heavy (non-hydrogen) atoms. The summed E-state index contributed by atoms with van der Waals surface area (Å²) in [4.78, 5) is 25.8. The van der Waals surface area contributed by atoms with Gasteiger partial charge < -0.3 is 10.0 Å². The quantitative estimate of drug-likeness (QED) is 0.829. The second-order valence-electron chi connectivity index (χ2n) is 6.24. The van der Waals surface area contributed by atoms with E-state index in [1.165, 1.54) is 0 Å². The summed E-state index contributed by atoms with van der Waals surface area (Å²) in [5.41, 5.74) is -0.577. The Hall–Kier alpha value is -0.900. The summed E-state index contributed by atoms with van der Waals surface area (Å²) in [7, 11) is 0. The third-order valence-corrected chi connectivity index (χ3v) is 4.94. The number of carbonyl (C=O) groups is 2. The molecule has 4 heteroatoms. The van der Waals surface area contributed by atoms with Gasteiger partial charge in [-0.2, -0.15) is 0 Å². The summed E-state index contributed by atoms with van der Waals surface area (Å²) >= 11 is 0. The van der Waals surface area contributed by atoms with Gasteiger partial charge in [0, 0.05) is 31.3 Å². The number of hydrogen-bond acceptors (Lipinski definition) is 3. The van der Waals surface area contributed by atoms with Gasteiger partial charge in [0.2, 0.25) is 5.91 Å². The van der Waals surface area contributed by atoms with Gasteiger partial charge in [-0.3, -0.25) is 9.59 Å². The van der Waals surface area contributed by atoms with Gasteiger partial charge in [0.15, 0.2) is 0 Å². The highest BCUT2D eigenvalue weighted by atomic mass is 16.3. The summed E-state index contributed by atoms with van der Waals surface area (Å²) in [6.45, 7) is 5.23. The van der Waals surface area contributed by atoms with Crippen LogP contribution in [0.3, 0.4) is 0 Å². The van der Waals surface area contributed by atoms with Crippen molar-refractivity contribution in [2.75, 3.05) is 13.1 Å². The lowest BCUT2D eigenvalue weighted by atomic mass is 9.80. The van der Waals surface area contributed by atoms with Crippen molar-refractivity contribution >= 4 is 11.7 Å². The molecular weight excluding hydrogens is 242 g/mol. The maximum Gasteiger partial charge on any atom is 0.225 e. The van der Waals surface area contributed by atoms with E-state index >= 15 is 0 Å². The lowest BCUT2D eigenvalue weighted by Gasteiger charge is -2.39. The molecule has 108 valence electrons. The zero-order chi connectivity index (χ0) is 14.0. The van der Waals surface area contributed by atoms with Crippen molar-refractivity contribution in [3.8, 4) is 0 Å². The summed E-state index contributed by atoms with van der Waals surface area (Å²) in [6.07, 6.45) is 4.06. The maximum atomic E-state index is 12.4. The van der Waals surface area contributed by atoms with E-state index < -0.39 is 5.60 Å². The van der Waals surface area contributed by atoms with Crippen LogP contribution in [0.2, 0.25) is 0 Å². The van der Waals surface area contributed by atoms with Crippen LogP contribution in [0, 0.1) is 11.8 Å². The van der Waals surface area contributed by atoms with Crippen LogP contribution in [-0.2, 0) is 9.59 Å². The number of aliphatic hydroxyl groups is 1. The van der Waals surface area contributed by atoms with E-state index in [1.807, 2.05) is 18.7 Å². The number of hydrogen-bond donors (Lipinski definition) is 1. The summed E-state index contributed by atoms with van der Waals surface area (Å²) in [6, 6.07) is 0. The zero-order valence-corrected chi connectivity index (χ0v) is 12.0. The normalized spacial score (nSPS) is 31.3. The van der Waals surface area contributed by atoms with E-state index in [-0.39, 0.29) is 17.7 Å². The fourth-order valence-corrected chi connectivity index (χ4v) is 3.22. The molecule has 2 fully saturated rings. The summed E-state index contributed by atoms with van der Waals surface area (Å²) in [5, 5.41) is 10.2. The molecule has 0 aromatic carbocycles. The Morgan fingerprint density at radius 2 is 2.05 bits per heavy atom. The number of Topliss-reactive ketones (excluding diaryl/α,β-unsaturated/α-hetero) is 1. The van der Waals surface area contributed by atoms with E-state index in [1.54, 1.807) is 0 Å². The predicted molar refractivity (Wildman–Crippen MR) is 72.6 cm³/mol. The van der Waals surface area contributed by atoms with Crippen LogP contribution in [0.4, 0.5) is 0 Å². The Morgan fingerprint density at radius 3 is 2.58 bits per heavy atom. The Labute approximate surface area is 115 Å². The van der Waals surface area contributed by atoms with Gasteiger partial charge in [0.05, 0.1) is 5.60 Å². The largest absolute Gasteiger partial charge is 0.390 e. The second-order valence-corrected chi connectivity index (χ2v) is 6.24. The van der Waals surface area contributed by atoms with Crippen LogP contribution in [-0.4, -0.2) is 40.4 Å². The number of nitrogens with zero attached hydrogens (tertiary/aromatic N) is 1. The molecule has 1 aliphatic carbocycles. The van der Waals surface area contributed by atoms with E-state index in [4.69, 9.17) is 0 Å². The van der Waals surface area contributed by atoms with Crippen LogP contribution >= 0.6 is 0 Å². The average molecular weight is 267 g/mol. The number of amides is 1. The van der Waals surface area contributed by atoms with E-state index in [9.17, 15) is 14.7 Å². The smallest absolute Gasteiger partial charge is 0.225 e. The SMILES string of the molecule is CCC1(O)CCN(C(=O)[C@@H]2CCC(=O)[C@H](C)C2)CC1.